The zero-order valence-electron chi connectivity index (χ0n) is 10.9. The van der Waals surface area contributed by atoms with Gasteiger partial charge in [0.05, 0.1) is 0 Å². The van der Waals surface area contributed by atoms with Crippen molar-refractivity contribution in [2.45, 2.75) is 55.8 Å². The molecule has 0 heterocycles. The van der Waals surface area contributed by atoms with Crippen LogP contribution in [0.15, 0.2) is 18.2 Å². The van der Waals surface area contributed by atoms with Crippen LogP contribution in [-0.2, 0) is 17.3 Å². The smallest absolute Gasteiger partial charge is 0.0242 e. The van der Waals surface area contributed by atoms with E-state index in [1.807, 2.05) is 0 Å². The van der Waals surface area contributed by atoms with Gasteiger partial charge in [-0.05, 0) is 28.5 Å². The molecule has 0 radical (unpaired) electrons. The number of alkyl halides is 1. The maximum absolute atomic E-state index is 2.60. The van der Waals surface area contributed by atoms with E-state index in [0.29, 0.717) is 5.41 Å². The minimum Gasteiger partial charge on any atom is -0.0813 e. The lowest BCUT2D eigenvalue weighted by Crippen LogP contribution is -2.24. The fourth-order valence-corrected chi connectivity index (χ4v) is 3.25. The Morgan fingerprint density at radius 2 is 1.88 bits per heavy atom. The minimum atomic E-state index is 0.258. The van der Waals surface area contributed by atoms with E-state index in [-0.39, 0.29) is 5.41 Å². The van der Waals surface area contributed by atoms with Crippen molar-refractivity contribution in [1.82, 2.24) is 0 Å². The molecule has 1 aliphatic rings. The molecule has 0 bridgehead atoms. The van der Waals surface area contributed by atoms with E-state index in [1.54, 1.807) is 11.1 Å². The van der Waals surface area contributed by atoms with Gasteiger partial charge in [0.1, 0.15) is 0 Å². The molecule has 0 nitrogen and oxygen atoms in total. The molecule has 0 fully saturated rings. The second kappa shape index (κ2) is 3.72. The van der Waals surface area contributed by atoms with Gasteiger partial charge in [-0.15, -0.1) is 0 Å². The lowest BCUT2D eigenvalue weighted by molar-refractivity contribution is 0.546. The fourth-order valence-electron chi connectivity index (χ4n) is 2.44. The summed E-state index contributed by atoms with van der Waals surface area (Å²) in [5.74, 6) is 0. The second-order valence-electron chi connectivity index (χ2n) is 6.52. The van der Waals surface area contributed by atoms with Crippen LogP contribution in [0, 0.1) is 0 Å². The normalized spacial score (nSPS) is 23.2. The number of fused-ring (bicyclic) bond motifs is 1. The zero-order chi connectivity index (χ0) is 12.1. The predicted octanol–water partition coefficient (Wildman–Crippen LogP) is 4.62. The Morgan fingerprint density at radius 3 is 2.44 bits per heavy atom. The van der Waals surface area contributed by atoms with Crippen LogP contribution < -0.4 is 0 Å². The van der Waals surface area contributed by atoms with Crippen LogP contribution >= 0.6 is 22.6 Å². The first-order chi connectivity index (χ1) is 7.23. The van der Waals surface area contributed by atoms with E-state index < -0.39 is 0 Å². The molecule has 2 rings (SSSR count). The number of hydrogen-bond donors (Lipinski definition) is 0. The largest absolute Gasteiger partial charge is 0.0813 e. The summed E-state index contributed by atoms with van der Waals surface area (Å²) >= 11 is 2.60. The average molecular weight is 328 g/mol. The van der Waals surface area contributed by atoms with Crippen LogP contribution in [0.25, 0.3) is 0 Å². The van der Waals surface area contributed by atoms with E-state index in [1.165, 1.54) is 12.0 Å². The number of hydrogen-bond acceptors (Lipinski definition) is 0. The molecular weight excluding hydrogens is 307 g/mol. The summed E-state index contributed by atoms with van der Waals surface area (Å²) in [5, 5.41) is 0. The van der Waals surface area contributed by atoms with Crippen molar-refractivity contribution in [2.24, 2.45) is 0 Å². The Morgan fingerprint density at radius 1 is 1.25 bits per heavy atom. The van der Waals surface area contributed by atoms with Gasteiger partial charge in [-0.2, -0.15) is 0 Å². The molecule has 1 aromatic rings. The van der Waals surface area contributed by atoms with E-state index in [2.05, 4.69) is 75.4 Å². The summed E-state index contributed by atoms with van der Waals surface area (Å²) in [5.41, 5.74) is 5.17. The van der Waals surface area contributed by atoms with Gasteiger partial charge in [0.25, 0.3) is 0 Å². The van der Waals surface area contributed by atoms with Gasteiger partial charge >= 0.3 is 0 Å². The molecule has 1 atom stereocenters. The van der Waals surface area contributed by atoms with Gasteiger partial charge in [-0.1, -0.05) is 75.4 Å². The average Bonchev–Trinajstić information content (AvgIpc) is 2.37. The molecular formula is C15H21I. The molecule has 0 aliphatic heterocycles. The standard InChI is InChI=1S/C15H21I/c1-14(2,3)11-7-6-10-8-13(16)15(4,5)12(10)9-11/h6-7,9,13H,8H2,1-5H3. The van der Waals surface area contributed by atoms with Crippen molar-refractivity contribution in [1.29, 1.82) is 0 Å². The van der Waals surface area contributed by atoms with Crippen molar-refractivity contribution in [2.75, 3.05) is 0 Å². The lowest BCUT2D eigenvalue weighted by atomic mass is 9.81. The lowest BCUT2D eigenvalue weighted by Gasteiger charge is -2.26. The Hall–Kier alpha value is -0.0500. The minimum absolute atomic E-state index is 0.258. The second-order valence-corrected chi connectivity index (χ2v) is 8.02. The van der Waals surface area contributed by atoms with Gasteiger partial charge in [0.2, 0.25) is 0 Å². The first-order valence-electron chi connectivity index (χ1n) is 6.01. The first-order valence-corrected chi connectivity index (χ1v) is 7.25. The molecule has 0 amide bonds. The Bertz CT molecular complexity index is 410. The Labute approximate surface area is 113 Å². The molecule has 88 valence electrons. The molecule has 16 heavy (non-hydrogen) atoms. The van der Waals surface area contributed by atoms with Crippen LogP contribution in [-0.4, -0.2) is 3.92 Å². The van der Waals surface area contributed by atoms with Crippen molar-refractivity contribution < 1.29 is 0 Å². The van der Waals surface area contributed by atoms with Crippen LogP contribution in [0.1, 0.15) is 51.3 Å². The molecule has 1 unspecified atom stereocenters. The van der Waals surface area contributed by atoms with Crippen LogP contribution in [0.4, 0.5) is 0 Å². The van der Waals surface area contributed by atoms with Gasteiger partial charge in [0.15, 0.2) is 0 Å². The van der Waals surface area contributed by atoms with E-state index in [9.17, 15) is 0 Å². The van der Waals surface area contributed by atoms with Crippen LogP contribution in [0.3, 0.4) is 0 Å². The van der Waals surface area contributed by atoms with Gasteiger partial charge in [-0.25, -0.2) is 0 Å². The molecule has 0 aromatic heterocycles. The van der Waals surface area contributed by atoms with E-state index in [4.69, 9.17) is 0 Å². The summed E-state index contributed by atoms with van der Waals surface area (Å²) < 4.78 is 0.732. The highest BCUT2D eigenvalue weighted by molar-refractivity contribution is 14.1. The monoisotopic (exact) mass is 328 g/mol. The van der Waals surface area contributed by atoms with Gasteiger partial charge in [-0.3, -0.25) is 0 Å². The van der Waals surface area contributed by atoms with Gasteiger partial charge < -0.3 is 0 Å². The highest BCUT2D eigenvalue weighted by atomic mass is 127. The number of benzene rings is 1. The topological polar surface area (TPSA) is 0 Å². The molecule has 0 N–H and O–H groups in total. The van der Waals surface area contributed by atoms with E-state index in [0.717, 1.165) is 3.92 Å². The SMILES string of the molecule is CC(C)(C)c1ccc2c(c1)C(C)(C)C(I)C2. The zero-order valence-corrected chi connectivity index (χ0v) is 13.1. The summed E-state index contributed by atoms with van der Waals surface area (Å²) in [6.07, 6.45) is 1.23. The maximum Gasteiger partial charge on any atom is 0.0242 e. The maximum atomic E-state index is 2.60. The van der Waals surface area contributed by atoms with Crippen molar-refractivity contribution in [3.63, 3.8) is 0 Å². The third-order valence-corrected chi connectivity index (χ3v) is 5.85. The highest BCUT2D eigenvalue weighted by Gasteiger charge is 2.38. The molecule has 0 saturated heterocycles. The predicted molar refractivity (Wildman–Crippen MR) is 79.7 cm³/mol. The number of halogens is 1. The molecule has 1 aliphatic carbocycles. The quantitative estimate of drug-likeness (QED) is 0.481. The van der Waals surface area contributed by atoms with Crippen molar-refractivity contribution in [3.8, 4) is 0 Å². The fraction of sp³-hybridized carbons (Fsp3) is 0.600. The number of rotatable bonds is 0. The summed E-state index contributed by atoms with van der Waals surface area (Å²) in [7, 11) is 0. The molecule has 0 spiro atoms. The van der Waals surface area contributed by atoms with Crippen molar-refractivity contribution >= 4 is 22.6 Å². The molecule has 0 saturated carbocycles. The molecule has 1 heteroatoms. The third-order valence-electron chi connectivity index (χ3n) is 3.85. The first kappa shape index (κ1) is 12.4. The Balaban J connectivity index is 2.53. The van der Waals surface area contributed by atoms with Gasteiger partial charge in [0, 0.05) is 9.34 Å². The Kier molecular flexibility index (Phi) is 2.89. The molecule has 1 aromatic carbocycles. The van der Waals surface area contributed by atoms with Crippen LogP contribution in [0.2, 0.25) is 0 Å². The third kappa shape index (κ3) is 1.92. The summed E-state index contributed by atoms with van der Waals surface area (Å²) in [4.78, 5) is 0. The van der Waals surface area contributed by atoms with Crippen LogP contribution in [0.5, 0.6) is 0 Å². The summed E-state index contributed by atoms with van der Waals surface area (Å²) in [6, 6.07) is 7.09. The highest BCUT2D eigenvalue weighted by Crippen LogP contribution is 2.44. The van der Waals surface area contributed by atoms with Crippen molar-refractivity contribution in [3.05, 3.63) is 34.9 Å². The van der Waals surface area contributed by atoms with E-state index >= 15 is 0 Å². The summed E-state index contributed by atoms with van der Waals surface area (Å²) in [6.45, 7) is 11.6.